The zero-order valence-electron chi connectivity index (χ0n) is 16.7. The Kier molecular flexibility index (Phi) is 7.11. The van der Waals surface area contributed by atoms with E-state index in [1.165, 1.54) is 0 Å². The second-order valence-corrected chi connectivity index (χ2v) is 6.90. The first-order valence-corrected chi connectivity index (χ1v) is 9.66. The van der Waals surface area contributed by atoms with Crippen LogP contribution < -0.4 is 20.1 Å². The van der Waals surface area contributed by atoms with Crippen LogP contribution in [0.5, 0.6) is 11.5 Å². The number of hydrogen-bond acceptors (Lipinski definition) is 4. The van der Waals surface area contributed by atoms with Gasteiger partial charge in [-0.15, -0.1) is 0 Å². The molecule has 3 rings (SSSR count). The van der Waals surface area contributed by atoms with Crippen LogP contribution in [0.2, 0.25) is 0 Å². The van der Waals surface area contributed by atoms with Crippen molar-refractivity contribution in [3.8, 4) is 11.5 Å². The van der Waals surface area contributed by atoms with Crippen LogP contribution >= 0.6 is 0 Å². The van der Waals surface area contributed by atoms with Crippen molar-refractivity contribution in [2.45, 2.75) is 26.6 Å². The van der Waals surface area contributed by atoms with E-state index in [4.69, 9.17) is 9.47 Å². The van der Waals surface area contributed by atoms with E-state index in [1.54, 1.807) is 0 Å². The minimum atomic E-state index is -0.139. The Bertz CT molecular complexity index is 926. The fourth-order valence-electron chi connectivity index (χ4n) is 2.74. The van der Waals surface area contributed by atoms with Gasteiger partial charge in [0, 0.05) is 23.5 Å². The normalized spacial score (nSPS) is 10.4. The Morgan fingerprint density at radius 2 is 1.55 bits per heavy atom. The summed E-state index contributed by atoms with van der Waals surface area (Å²) < 4.78 is 11.5. The minimum absolute atomic E-state index is 0.102. The maximum atomic E-state index is 12.3. The van der Waals surface area contributed by atoms with Gasteiger partial charge >= 0.3 is 0 Å². The summed E-state index contributed by atoms with van der Waals surface area (Å²) in [6, 6.07) is 24.9. The molecule has 0 heterocycles. The molecule has 0 saturated carbocycles. The first-order valence-electron chi connectivity index (χ1n) is 9.66. The van der Waals surface area contributed by atoms with E-state index in [9.17, 15) is 4.79 Å². The first kappa shape index (κ1) is 20.3. The fourth-order valence-corrected chi connectivity index (χ4v) is 2.74. The number of ether oxygens (including phenoxy) is 2. The largest absolute Gasteiger partial charge is 0.491 e. The predicted octanol–water partition coefficient (Wildman–Crippen LogP) is 5.10. The van der Waals surface area contributed by atoms with Crippen LogP contribution in [0.1, 0.15) is 19.4 Å². The third kappa shape index (κ3) is 6.88. The van der Waals surface area contributed by atoms with E-state index >= 15 is 0 Å². The molecule has 2 N–H and O–H groups in total. The van der Waals surface area contributed by atoms with E-state index in [0.717, 1.165) is 17.0 Å². The molecule has 3 aromatic rings. The smallest absolute Gasteiger partial charge is 0.243 e. The molecule has 5 heteroatoms. The van der Waals surface area contributed by atoms with Gasteiger partial charge in [0.2, 0.25) is 5.91 Å². The van der Waals surface area contributed by atoms with Crippen molar-refractivity contribution in [2.24, 2.45) is 0 Å². The van der Waals surface area contributed by atoms with E-state index in [0.29, 0.717) is 18.0 Å². The van der Waals surface area contributed by atoms with Crippen molar-refractivity contribution < 1.29 is 14.3 Å². The molecule has 5 nitrogen and oxygen atoms in total. The second kappa shape index (κ2) is 10.2. The predicted molar refractivity (Wildman–Crippen MR) is 117 cm³/mol. The summed E-state index contributed by atoms with van der Waals surface area (Å²) in [5.41, 5.74) is 2.62. The van der Waals surface area contributed by atoms with Crippen molar-refractivity contribution >= 4 is 17.3 Å². The fraction of sp³-hybridized carbons (Fsp3) is 0.208. The average molecular weight is 390 g/mol. The quantitative estimate of drug-likeness (QED) is 0.533. The van der Waals surface area contributed by atoms with Gasteiger partial charge < -0.3 is 20.1 Å². The third-order valence-electron chi connectivity index (χ3n) is 4.03. The first-order chi connectivity index (χ1) is 14.1. The third-order valence-corrected chi connectivity index (χ3v) is 4.03. The Balaban J connectivity index is 1.50. The van der Waals surface area contributed by atoms with Gasteiger partial charge in [-0.1, -0.05) is 42.5 Å². The second-order valence-electron chi connectivity index (χ2n) is 6.90. The molecular weight excluding hydrogens is 364 g/mol. The Morgan fingerprint density at radius 3 is 2.31 bits per heavy atom. The van der Waals surface area contributed by atoms with E-state index in [-0.39, 0.29) is 18.6 Å². The molecule has 0 aromatic heterocycles. The number of hydrogen-bond donors (Lipinski definition) is 2. The van der Waals surface area contributed by atoms with Crippen LogP contribution in [0, 0.1) is 0 Å². The summed E-state index contributed by atoms with van der Waals surface area (Å²) in [4.78, 5) is 12.3. The summed E-state index contributed by atoms with van der Waals surface area (Å²) in [6.45, 7) is 4.59. The lowest BCUT2D eigenvalue weighted by molar-refractivity contribution is -0.114. The van der Waals surface area contributed by atoms with Gasteiger partial charge in [-0.25, -0.2) is 0 Å². The minimum Gasteiger partial charge on any atom is -0.491 e. The summed E-state index contributed by atoms with van der Waals surface area (Å²) >= 11 is 0. The van der Waals surface area contributed by atoms with E-state index < -0.39 is 0 Å². The summed E-state index contributed by atoms with van der Waals surface area (Å²) in [7, 11) is 0. The lowest BCUT2D eigenvalue weighted by Gasteiger charge is -2.12. The summed E-state index contributed by atoms with van der Waals surface area (Å²) in [6.07, 6.45) is 0.102. The number of carbonyl (C=O) groups excluding carboxylic acids is 1. The highest BCUT2D eigenvalue weighted by molar-refractivity contribution is 5.93. The molecule has 1 amide bonds. The molecule has 0 spiro atoms. The number of amides is 1. The van der Waals surface area contributed by atoms with Crippen LogP contribution in [0.4, 0.5) is 11.4 Å². The highest BCUT2D eigenvalue weighted by atomic mass is 16.5. The summed E-state index contributed by atoms with van der Waals surface area (Å²) in [5.74, 6) is 1.34. The lowest BCUT2D eigenvalue weighted by atomic mass is 10.2. The molecule has 3 aromatic carbocycles. The van der Waals surface area contributed by atoms with Crippen LogP contribution in [-0.2, 0) is 11.4 Å². The van der Waals surface area contributed by atoms with Gasteiger partial charge in [-0.2, -0.15) is 0 Å². The van der Waals surface area contributed by atoms with Crippen molar-refractivity contribution in [2.75, 3.05) is 17.2 Å². The monoisotopic (exact) mass is 390 g/mol. The van der Waals surface area contributed by atoms with Gasteiger partial charge in [0.05, 0.1) is 12.6 Å². The van der Waals surface area contributed by atoms with Crippen LogP contribution in [-0.4, -0.2) is 18.6 Å². The van der Waals surface area contributed by atoms with E-state index in [1.807, 2.05) is 92.7 Å². The van der Waals surface area contributed by atoms with Gasteiger partial charge in [-0.05, 0) is 43.7 Å². The van der Waals surface area contributed by atoms with Crippen LogP contribution in [0.25, 0.3) is 0 Å². The number of carbonyl (C=O) groups is 1. The molecule has 0 radical (unpaired) electrons. The molecule has 0 aliphatic heterocycles. The topological polar surface area (TPSA) is 59.6 Å². The van der Waals surface area contributed by atoms with E-state index in [2.05, 4.69) is 10.6 Å². The standard InChI is InChI=1S/C24H26N2O3/c1-18(2)29-23-13-6-10-20(14-23)25-16-24(27)26-21-11-7-12-22(15-21)28-17-19-8-4-3-5-9-19/h3-15,18,25H,16-17H2,1-2H3,(H,26,27). The molecule has 0 fully saturated rings. The highest BCUT2D eigenvalue weighted by Crippen LogP contribution is 2.20. The molecule has 150 valence electrons. The average Bonchev–Trinajstić information content (AvgIpc) is 2.72. The summed E-state index contributed by atoms with van der Waals surface area (Å²) in [5, 5.41) is 6.00. The molecular formula is C24H26N2O3. The number of nitrogens with one attached hydrogen (secondary N) is 2. The molecule has 0 unspecified atom stereocenters. The SMILES string of the molecule is CC(C)Oc1cccc(NCC(=O)Nc2cccc(OCc3ccccc3)c2)c1. The highest BCUT2D eigenvalue weighted by Gasteiger charge is 2.05. The zero-order valence-corrected chi connectivity index (χ0v) is 16.7. The van der Waals surface area contributed by atoms with Crippen molar-refractivity contribution in [3.63, 3.8) is 0 Å². The van der Waals surface area contributed by atoms with Gasteiger partial charge in [-0.3, -0.25) is 4.79 Å². The zero-order chi connectivity index (χ0) is 20.5. The Morgan fingerprint density at radius 1 is 0.862 bits per heavy atom. The molecule has 0 aliphatic rings. The maximum Gasteiger partial charge on any atom is 0.243 e. The Hall–Kier alpha value is -3.47. The molecule has 0 saturated heterocycles. The van der Waals surface area contributed by atoms with Gasteiger partial charge in [0.15, 0.2) is 0 Å². The van der Waals surface area contributed by atoms with Gasteiger partial charge in [0.1, 0.15) is 18.1 Å². The van der Waals surface area contributed by atoms with Crippen molar-refractivity contribution in [1.29, 1.82) is 0 Å². The molecule has 0 aliphatic carbocycles. The maximum absolute atomic E-state index is 12.3. The number of rotatable bonds is 9. The van der Waals surface area contributed by atoms with Crippen LogP contribution in [0.3, 0.4) is 0 Å². The van der Waals surface area contributed by atoms with Gasteiger partial charge in [0.25, 0.3) is 0 Å². The molecule has 0 bridgehead atoms. The van der Waals surface area contributed by atoms with Crippen molar-refractivity contribution in [1.82, 2.24) is 0 Å². The Labute approximate surface area is 171 Å². The lowest BCUT2D eigenvalue weighted by Crippen LogP contribution is -2.21. The van der Waals surface area contributed by atoms with Crippen molar-refractivity contribution in [3.05, 3.63) is 84.4 Å². The van der Waals surface area contributed by atoms with Crippen LogP contribution in [0.15, 0.2) is 78.9 Å². The molecule has 0 atom stereocenters. The number of benzene rings is 3. The number of anilines is 2. The molecule has 29 heavy (non-hydrogen) atoms.